The molecule has 33 heteroatoms. The second kappa shape index (κ2) is 42.3. The predicted octanol–water partition coefficient (Wildman–Crippen LogP) is -0.587. The Labute approximate surface area is 586 Å². The number of nitrogens with two attached hydrogens (primary N) is 3. The van der Waals surface area contributed by atoms with Crippen molar-refractivity contribution in [2.45, 2.75) is 225 Å². The van der Waals surface area contributed by atoms with Crippen molar-refractivity contribution in [1.82, 2.24) is 63.1 Å². The first-order chi connectivity index (χ1) is 47.4. The van der Waals surface area contributed by atoms with Crippen molar-refractivity contribution < 1.29 is 77.3 Å². The summed E-state index contributed by atoms with van der Waals surface area (Å²) in [6, 6.07) is -6.12. The number of Topliss-reactive ketones (excluding diaryl/α,β-unsaturated/α-hetero) is 1. The van der Waals surface area contributed by atoms with E-state index in [0.717, 1.165) is 6.42 Å². The average Bonchev–Trinajstić information content (AvgIpc) is 1.49. The fourth-order valence-corrected chi connectivity index (χ4v) is 12.3. The van der Waals surface area contributed by atoms with Crippen molar-refractivity contribution >= 4 is 99.5 Å². The van der Waals surface area contributed by atoms with Gasteiger partial charge in [-0.15, -0.1) is 11.8 Å². The van der Waals surface area contributed by atoms with Crippen LogP contribution in [0.1, 0.15) is 157 Å². The molecule has 11 amide bonds. The molecule has 1 aromatic heterocycles. The molecule has 0 spiro atoms. The highest BCUT2D eigenvalue weighted by atomic mass is 32.2. The van der Waals surface area contributed by atoms with Crippen molar-refractivity contribution in [3.05, 3.63) is 54.1 Å². The summed E-state index contributed by atoms with van der Waals surface area (Å²) in [5, 5.41) is 46.5. The van der Waals surface area contributed by atoms with Gasteiger partial charge in [0.1, 0.15) is 54.4 Å². The van der Waals surface area contributed by atoms with E-state index in [0.29, 0.717) is 34.9 Å². The Hall–Kier alpha value is -8.85. The molecule has 0 radical (unpaired) electrons. The molecule has 1 aromatic carbocycles. The number of carboxylic acid groups (broad SMARTS) is 2. The number of hydrogen-bond donors (Lipinski definition) is 16. The summed E-state index contributed by atoms with van der Waals surface area (Å²) in [7, 11) is 0. The van der Waals surface area contributed by atoms with Gasteiger partial charge in [0.05, 0.1) is 42.2 Å². The maximum absolute atomic E-state index is 14.7. The number of nitrogens with zero attached hydrogens (tertiary/aromatic N) is 2. The fraction of sp³-hybridized carbons (Fsp3) is 0.642. The second-order valence-electron chi connectivity index (χ2n) is 26.3. The lowest BCUT2D eigenvalue weighted by atomic mass is 9.90. The maximum Gasteiger partial charge on any atom is 0.305 e. The third-order valence-corrected chi connectivity index (χ3v) is 18.9. The van der Waals surface area contributed by atoms with Crippen LogP contribution in [-0.4, -0.2) is 193 Å². The minimum Gasteiger partial charge on any atom is -0.481 e. The van der Waals surface area contributed by atoms with E-state index in [-0.39, 0.29) is 82.3 Å². The minimum atomic E-state index is -1.96. The first kappa shape index (κ1) is 83.6. The van der Waals surface area contributed by atoms with E-state index in [9.17, 15) is 77.3 Å². The number of carbonyl (C=O) groups excluding carboxylic acids is 12. The van der Waals surface area contributed by atoms with Gasteiger partial charge in [-0.1, -0.05) is 105 Å². The number of primary amides is 1. The molecule has 19 N–H and O–H groups in total. The van der Waals surface area contributed by atoms with E-state index in [1.165, 1.54) is 24.3 Å². The van der Waals surface area contributed by atoms with Gasteiger partial charge in [0, 0.05) is 43.5 Å². The number of imidazole rings is 1. The standard InChI is InChI=1S/C67H104N16O16S/c1-9-36(6)54(70)67-81-49(33-100-67)64(97)79-46(26-35(4)5)61(94)76-44(22-23-52(86)87)60(93)82-55(37(7)10-2)65(98)72-25-16-15-20-42-58(91)74-43(21-17-24-68)59(92)83-56(38(8)11-3)66(99)77-45(27-39-18-13-12-14-19-39)50(84)29-40(28-41-32-71-34-73-41)57(90)78-48(31-53(88)89)63(96)80-47(30-51(69)85)62(95)75-42/h12-14,18-19,32,34-38,40,42-49,54-56H,9-11,15-17,20-31,33,68,70H2,1-8H3,(H2,69,85)(H,71,73)(H,72,98)(H,74,91)(H,75,95)(H,76,94)(H,77,99)(H,78,90)(H,79,97)(H,80,96)(H,82,93)(H,83,92)(H,86,87)(H,88,89). The van der Waals surface area contributed by atoms with Crippen LogP contribution >= 0.6 is 11.8 Å². The van der Waals surface area contributed by atoms with Crippen LogP contribution in [-0.2, 0) is 80.0 Å². The highest BCUT2D eigenvalue weighted by molar-refractivity contribution is 8.14. The first-order valence-corrected chi connectivity index (χ1v) is 35.3. The number of nitrogens with one attached hydrogen (secondary N) is 11. The number of aromatic nitrogens is 2. The van der Waals surface area contributed by atoms with E-state index < -0.39 is 193 Å². The van der Waals surface area contributed by atoms with Crippen molar-refractivity contribution in [2.24, 2.45) is 51.8 Å². The number of H-pyrrole nitrogens is 1. The topological polar surface area (TPSA) is 519 Å². The van der Waals surface area contributed by atoms with Crippen molar-refractivity contribution in [2.75, 3.05) is 18.8 Å². The number of hydrogen-bond acceptors (Lipinski definition) is 19. The Balaban J connectivity index is 1.66. The van der Waals surface area contributed by atoms with Gasteiger partial charge in [-0.05, 0) is 87.1 Å². The Kier molecular flexibility index (Phi) is 35.3. The summed E-state index contributed by atoms with van der Waals surface area (Å²) in [5.41, 5.74) is 18.9. The monoisotopic (exact) mass is 1420 g/mol. The number of benzene rings is 1. The van der Waals surface area contributed by atoms with E-state index in [1.54, 1.807) is 58.0 Å². The highest BCUT2D eigenvalue weighted by Crippen LogP contribution is 2.25. The van der Waals surface area contributed by atoms with E-state index in [4.69, 9.17) is 17.2 Å². The minimum absolute atomic E-state index is 0.00709. The summed E-state index contributed by atoms with van der Waals surface area (Å²) >= 11 is 1.36. The Bertz CT molecular complexity index is 3160. The number of carbonyl (C=O) groups is 14. The number of aliphatic imine (C=N–C) groups is 1. The van der Waals surface area contributed by atoms with Gasteiger partial charge in [-0.3, -0.25) is 72.1 Å². The molecule has 0 saturated carbocycles. The van der Waals surface area contributed by atoms with Gasteiger partial charge >= 0.3 is 11.9 Å². The number of unbranched alkanes of at least 4 members (excludes halogenated alkanes) is 1. The van der Waals surface area contributed by atoms with Gasteiger partial charge in [0.25, 0.3) is 0 Å². The molecule has 2 aliphatic heterocycles. The van der Waals surface area contributed by atoms with E-state index in [2.05, 4.69) is 68.1 Å². The zero-order valence-electron chi connectivity index (χ0n) is 58.4. The SMILES string of the molecule is CCC(C)C(N)C1=NC(C(=O)NC(CC(C)C)C(=O)NC(CCC(=O)O)C(=O)NC(C(=O)NCCCCC2NC(=O)C(CC(N)=O)NC(=O)C(CC(=O)O)NC(=O)C(Cc3cnc[nH]3)CC(=O)C(Cc3ccccc3)NC(=O)C(C(C)CC)NC(=O)C(CCCN)NC2=O)C(C)CC)CS1. The molecule has 1 saturated heterocycles. The molecule has 15 unspecified atom stereocenters. The van der Waals surface area contributed by atoms with Gasteiger partial charge in [-0.25, -0.2) is 4.98 Å². The molecule has 554 valence electrons. The largest absolute Gasteiger partial charge is 0.481 e. The molecule has 32 nitrogen and oxygen atoms in total. The molecule has 100 heavy (non-hydrogen) atoms. The number of ketones is 1. The smallest absolute Gasteiger partial charge is 0.305 e. The van der Waals surface area contributed by atoms with Crippen LogP contribution in [0.2, 0.25) is 0 Å². The first-order valence-electron chi connectivity index (χ1n) is 34.3. The lowest BCUT2D eigenvalue weighted by Crippen LogP contribution is -2.60. The van der Waals surface area contributed by atoms with Crippen LogP contribution in [0.25, 0.3) is 0 Å². The van der Waals surface area contributed by atoms with E-state index >= 15 is 0 Å². The maximum atomic E-state index is 14.7. The molecule has 4 rings (SSSR count). The summed E-state index contributed by atoms with van der Waals surface area (Å²) in [6.07, 6.45) is 0.325. The number of thioether (sulfide) groups is 1. The number of aromatic amines is 1. The molecule has 3 heterocycles. The lowest BCUT2D eigenvalue weighted by Gasteiger charge is -2.29. The Morgan fingerprint density at radius 3 is 1.82 bits per heavy atom. The van der Waals surface area contributed by atoms with Crippen molar-refractivity contribution in [1.29, 1.82) is 0 Å². The summed E-state index contributed by atoms with van der Waals surface area (Å²) in [5.74, 6) is -15.9. The quantitative estimate of drug-likeness (QED) is 0.0384. The summed E-state index contributed by atoms with van der Waals surface area (Å²) in [6.45, 7) is 14.4. The summed E-state index contributed by atoms with van der Waals surface area (Å²) < 4.78 is 0. The second-order valence-corrected chi connectivity index (χ2v) is 27.3. The van der Waals surface area contributed by atoms with Crippen LogP contribution in [0, 0.1) is 29.6 Å². The fourth-order valence-electron chi connectivity index (χ4n) is 11.1. The molecule has 2 aliphatic rings. The van der Waals surface area contributed by atoms with Crippen molar-refractivity contribution in [3.8, 4) is 0 Å². The van der Waals surface area contributed by atoms with Gasteiger partial charge in [0.2, 0.25) is 65.0 Å². The number of aliphatic carboxylic acids is 2. The summed E-state index contributed by atoms with van der Waals surface area (Å²) in [4.78, 5) is 206. The number of carboxylic acids is 2. The van der Waals surface area contributed by atoms with Crippen LogP contribution in [0.15, 0.2) is 47.8 Å². The highest BCUT2D eigenvalue weighted by Gasteiger charge is 2.40. The van der Waals surface area contributed by atoms with Gasteiger partial charge in [-0.2, -0.15) is 0 Å². The van der Waals surface area contributed by atoms with Crippen LogP contribution in [0.4, 0.5) is 0 Å². The molecule has 0 aliphatic carbocycles. The predicted molar refractivity (Wildman–Crippen MR) is 370 cm³/mol. The van der Waals surface area contributed by atoms with Gasteiger partial charge in [0.15, 0.2) is 5.78 Å². The molecular formula is C67H104N16O16S. The van der Waals surface area contributed by atoms with E-state index in [1.807, 2.05) is 27.7 Å². The molecule has 0 bridgehead atoms. The Morgan fingerprint density at radius 2 is 1.24 bits per heavy atom. The normalized spacial score (nSPS) is 22.8. The molecular weight excluding hydrogens is 1320 g/mol. The lowest BCUT2D eigenvalue weighted by molar-refractivity contribution is -0.142. The Morgan fingerprint density at radius 1 is 0.650 bits per heavy atom. The zero-order chi connectivity index (χ0) is 74.3. The van der Waals surface area contributed by atoms with Crippen LogP contribution in [0.5, 0.6) is 0 Å². The molecule has 1 fully saturated rings. The van der Waals surface area contributed by atoms with Crippen molar-refractivity contribution in [3.63, 3.8) is 0 Å². The molecule has 15 atom stereocenters. The number of amides is 11. The van der Waals surface area contributed by atoms with Crippen LogP contribution in [0.3, 0.4) is 0 Å². The third kappa shape index (κ3) is 27.7. The van der Waals surface area contributed by atoms with Gasteiger partial charge < -0.3 is 85.6 Å². The molecule has 2 aromatic rings. The van der Waals surface area contributed by atoms with Crippen LogP contribution < -0.4 is 70.4 Å². The average molecular weight is 1420 g/mol. The third-order valence-electron chi connectivity index (χ3n) is 17.8. The zero-order valence-corrected chi connectivity index (χ0v) is 59.2. The number of rotatable bonds is 35.